The summed E-state index contributed by atoms with van der Waals surface area (Å²) in [6.45, 7) is 5.67. The Kier molecular flexibility index (Phi) is 4.46. The summed E-state index contributed by atoms with van der Waals surface area (Å²) in [5, 5.41) is 0. The summed E-state index contributed by atoms with van der Waals surface area (Å²) in [6.07, 6.45) is 0.708. The van der Waals surface area contributed by atoms with Crippen molar-refractivity contribution in [2.45, 2.75) is 6.92 Å². The standard InChI is InChI=1S/C13H14O4/c1-4-17-13(15)9(2)11-6-5-10(8-14)7-12(11)16-3/h5-8H,2,4H2,1,3H3. The molecular formula is C13H14O4. The Morgan fingerprint density at radius 3 is 2.71 bits per heavy atom. The van der Waals surface area contributed by atoms with Crippen molar-refractivity contribution in [3.8, 4) is 5.75 Å². The molecule has 0 N–H and O–H groups in total. The third-order valence-electron chi connectivity index (χ3n) is 2.21. The van der Waals surface area contributed by atoms with Crippen LogP contribution in [0.3, 0.4) is 0 Å². The van der Waals surface area contributed by atoms with E-state index in [0.29, 0.717) is 23.2 Å². The Labute approximate surface area is 99.8 Å². The SMILES string of the molecule is C=C(C(=O)OCC)c1ccc(C=O)cc1OC. The van der Waals surface area contributed by atoms with Crippen LogP contribution < -0.4 is 4.74 Å². The minimum Gasteiger partial charge on any atom is -0.496 e. The van der Waals surface area contributed by atoms with E-state index in [1.807, 2.05) is 0 Å². The lowest BCUT2D eigenvalue weighted by atomic mass is 10.0. The van der Waals surface area contributed by atoms with Gasteiger partial charge in [0, 0.05) is 11.1 Å². The van der Waals surface area contributed by atoms with Gasteiger partial charge in [0.1, 0.15) is 12.0 Å². The lowest BCUT2D eigenvalue weighted by Gasteiger charge is -2.10. The minimum absolute atomic E-state index is 0.209. The van der Waals surface area contributed by atoms with E-state index >= 15 is 0 Å². The van der Waals surface area contributed by atoms with E-state index in [4.69, 9.17) is 9.47 Å². The lowest BCUT2D eigenvalue weighted by Crippen LogP contribution is -2.07. The molecule has 4 nitrogen and oxygen atoms in total. The molecule has 1 rings (SSSR count). The van der Waals surface area contributed by atoms with Gasteiger partial charge in [0.25, 0.3) is 0 Å². The Morgan fingerprint density at radius 2 is 2.18 bits per heavy atom. The number of rotatable bonds is 5. The minimum atomic E-state index is -0.496. The maximum absolute atomic E-state index is 11.5. The predicted molar refractivity (Wildman–Crippen MR) is 64.0 cm³/mol. The van der Waals surface area contributed by atoms with Crippen molar-refractivity contribution in [1.29, 1.82) is 0 Å². The van der Waals surface area contributed by atoms with Gasteiger partial charge in [0.15, 0.2) is 0 Å². The van der Waals surface area contributed by atoms with E-state index in [-0.39, 0.29) is 12.2 Å². The summed E-state index contributed by atoms with van der Waals surface area (Å²) in [6, 6.07) is 4.75. The van der Waals surface area contributed by atoms with E-state index in [2.05, 4.69) is 6.58 Å². The fourth-order valence-corrected chi connectivity index (χ4v) is 1.36. The van der Waals surface area contributed by atoms with Crippen molar-refractivity contribution in [2.24, 2.45) is 0 Å². The number of methoxy groups -OCH3 is 1. The van der Waals surface area contributed by atoms with Crippen molar-refractivity contribution in [2.75, 3.05) is 13.7 Å². The average molecular weight is 234 g/mol. The Bertz CT molecular complexity index is 449. The van der Waals surface area contributed by atoms with E-state index < -0.39 is 5.97 Å². The molecule has 0 heterocycles. The van der Waals surface area contributed by atoms with E-state index in [1.165, 1.54) is 7.11 Å². The van der Waals surface area contributed by atoms with Gasteiger partial charge in [0.2, 0.25) is 0 Å². The van der Waals surface area contributed by atoms with Crippen molar-refractivity contribution < 1.29 is 19.1 Å². The molecule has 4 heteroatoms. The highest BCUT2D eigenvalue weighted by Crippen LogP contribution is 2.26. The predicted octanol–water partition coefficient (Wildman–Crippen LogP) is 2.08. The smallest absolute Gasteiger partial charge is 0.338 e. The Morgan fingerprint density at radius 1 is 1.47 bits per heavy atom. The second-order valence-electron chi connectivity index (χ2n) is 3.28. The maximum Gasteiger partial charge on any atom is 0.338 e. The number of esters is 1. The largest absolute Gasteiger partial charge is 0.496 e. The monoisotopic (exact) mass is 234 g/mol. The number of hydrogen-bond acceptors (Lipinski definition) is 4. The molecule has 0 saturated carbocycles. The first-order valence-corrected chi connectivity index (χ1v) is 5.13. The molecule has 0 radical (unpaired) electrons. The molecule has 0 aliphatic carbocycles. The van der Waals surface area contributed by atoms with Crippen LogP contribution in [0.4, 0.5) is 0 Å². The fourth-order valence-electron chi connectivity index (χ4n) is 1.36. The molecule has 0 unspecified atom stereocenters. The zero-order chi connectivity index (χ0) is 12.8. The molecule has 0 aliphatic rings. The van der Waals surface area contributed by atoms with Gasteiger partial charge in [-0.1, -0.05) is 12.6 Å². The van der Waals surface area contributed by atoms with E-state index in [1.54, 1.807) is 25.1 Å². The summed E-state index contributed by atoms with van der Waals surface area (Å²) >= 11 is 0. The van der Waals surface area contributed by atoms with Gasteiger partial charge in [-0.25, -0.2) is 4.79 Å². The van der Waals surface area contributed by atoms with Gasteiger partial charge in [0.05, 0.1) is 19.3 Å². The first-order valence-electron chi connectivity index (χ1n) is 5.13. The first-order chi connectivity index (χ1) is 8.13. The molecule has 1 aromatic carbocycles. The van der Waals surface area contributed by atoms with Crippen LogP contribution in [0.15, 0.2) is 24.8 Å². The van der Waals surface area contributed by atoms with E-state index in [0.717, 1.165) is 0 Å². The van der Waals surface area contributed by atoms with Gasteiger partial charge in [-0.2, -0.15) is 0 Å². The van der Waals surface area contributed by atoms with Gasteiger partial charge >= 0.3 is 5.97 Å². The summed E-state index contributed by atoms with van der Waals surface area (Å²) < 4.78 is 9.96. The molecule has 0 amide bonds. The molecule has 0 fully saturated rings. The molecule has 17 heavy (non-hydrogen) atoms. The molecule has 0 spiro atoms. The van der Waals surface area contributed by atoms with Crippen molar-refractivity contribution in [1.82, 2.24) is 0 Å². The summed E-state index contributed by atoms with van der Waals surface area (Å²) in [5.41, 5.74) is 1.21. The van der Waals surface area contributed by atoms with Gasteiger partial charge in [-0.05, 0) is 19.1 Å². The second kappa shape index (κ2) is 5.84. The number of ether oxygens (including phenoxy) is 2. The molecule has 0 atom stereocenters. The normalized spacial score (nSPS) is 9.53. The Balaban J connectivity index is 3.09. The topological polar surface area (TPSA) is 52.6 Å². The van der Waals surface area contributed by atoms with Gasteiger partial charge in [-0.15, -0.1) is 0 Å². The van der Waals surface area contributed by atoms with E-state index in [9.17, 15) is 9.59 Å². The average Bonchev–Trinajstić information content (AvgIpc) is 2.37. The third-order valence-corrected chi connectivity index (χ3v) is 2.21. The number of hydrogen-bond donors (Lipinski definition) is 0. The molecule has 90 valence electrons. The van der Waals surface area contributed by atoms with Crippen LogP contribution in [0.1, 0.15) is 22.8 Å². The molecule has 1 aromatic rings. The highest BCUT2D eigenvalue weighted by molar-refractivity contribution is 6.16. The number of carbonyl (C=O) groups excluding carboxylic acids is 2. The Hall–Kier alpha value is -2.10. The fraction of sp³-hybridized carbons (Fsp3) is 0.231. The van der Waals surface area contributed by atoms with Gasteiger partial charge in [-0.3, -0.25) is 4.79 Å². The zero-order valence-electron chi connectivity index (χ0n) is 9.86. The van der Waals surface area contributed by atoms with Crippen LogP contribution in [0, 0.1) is 0 Å². The highest BCUT2D eigenvalue weighted by Gasteiger charge is 2.15. The third kappa shape index (κ3) is 2.93. The molecule has 0 saturated heterocycles. The maximum atomic E-state index is 11.5. The summed E-state index contributed by atoms with van der Waals surface area (Å²) in [4.78, 5) is 22.1. The highest BCUT2D eigenvalue weighted by atomic mass is 16.5. The molecule has 0 bridgehead atoms. The molecule has 0 aliphatic heterocycles. The van der Waals surface area contributed by atoms with Crippen molar-refractivity contribution >= 4 is 17.8 Å². The first kappa shape index (κ1) is 13.0. The zero-order valence-corrected chi connectivity index (χ0v) is 9.86. The molecular weight excluding hydrogens is 220 g/mol. The molecule has 0 aromatic heterocycles. The van der Waals surface area contributed by atoms with Crippen molar-refractivity contribution in [3.63, 3.8) is 0 Å². The van der Waals surface area contributed by atoms with Crippen LogP contribution in [0.25, 0.3) is 5.57 Å². The van der Waals surface area contributed by atoms with Crippen LogP contribution in [-0.4, -0.2) is 26.0 Å². The summed E-state index contributed by atoms with van der Waals surface area (Å²) in [7, 11) is 1.46. The van der Waals surface area contributed by atoms with Crippen LogP contribution in [0.2, 0.25) is 0 Å². The second-order valence-corrected chi connectivity index (χ2v) is 3.28. The number of carbonyl (C=O) groups is 2. The number of aldehydes is 1. The summed E-state index contributed by atoms with van der Waals surface area (Å²) in [5.74, 6) is -0.0719. The van der Waals surface area contributed by atoms with Crippen molar-refractivity contribution in [3.05, 3.63) is 35.9 Å². The quantitative estimate of drug-likeness (QED) is 0.444. The van der Waals surface area contributed by atoms with Crippen LogP contribution in [-0.2, 0) is 9.53 Å². The van der Waals surface area contributed by atoms with Gasteiger partial charge < -0.3 is 9.47 Å². The lowest BCUT2D eigenvalue weighted by molar-refractivity contribution is -0.136. The van der Waals surface area contributed by atoms with Crippen LogP contribution >= 0.6 is 0 Å². The number of benzene rings is 1. The van der Waals surface area contributed by atoms with Crippen LogP contribution in [0.5, 0.6) is 5.75 Å².